The molecule has 2 aromatic carbocycles. The number of hydrogen-bond donors (Lipinski definition) is 1. The molecule has 3 rings (SSSR count). The van der Waals surface area contributed by atoms with E-state index in [0.717, 1.165) is 35.5 Å². The first-order chi connectivity index (χ1) is 15.5. The lowest BCUT2D eigenvalue weighted by atomic mass is 10.1. The summed E-state index contributed by atoms with van der Waals surface area (Å²) in [5.74, 6) is 2.80. The zero-order chi connectivity index (χ0) is 22.8. The summed E-state index contributed by atoms with van der Waals surface area (Å²) in [6, 6.07) is 17.2. The number of aromatic nitrogens is 1. The van der Waals surface area contributed by atoms with Crippen LogP contribution in [0.25, 0.3) is 0 Å². The first-order valence-corrected chi connectivity index (χ1v) is 10.8. The number of nitrogens with zero attached hydrogens (tertiary/aromatic N) is 1. The number of aryl methyl sites for hydroxylation is 2. The van der Waals surface area contributed by atoms with Gasteiger partial charge in [-0.15, -0.1) is 0 Å². The molecule has 0 bridgehead atoms. The van der Waals surface area contributed by atoms with Crippen LogP contribution in [0.15, 0.2) is 60.8 Å². The van der Waals surface area contributed by atoms with Crippen LogP contribution in [0.3, 0.4) is 0 Å². The van der Waals surface area contributed by atoms with Crippen molar-refractivity contribution in [1.29, 1.82) is 0 Å². The molecule has 0 spiro atoms. The van der Waals surface area contributed by atoms with Gasteiger partial charge in [0.15, 0.2) is 0 Å². The van der Waals surface area contributed by atoms with Crippen molar-refractivity contribution in [3.63, 3.8) is 0 Å². The quantitative estimate of drug-likeness (QED) is 0.411. The predicted octanol–water partition coefficient (Wildman–Crippen LogP) is 5.36. The van der Waals surface area contributed by atoms with Crippen LogP contribution in [0.1, 0.15) is 36.0 Å². The Morgan fingerprint density at radius 1 is 1.00 bits per heavy atom. The molecule has 32 heavy (non-hydrogen) atoms. The van der Waals surface area contributed by atoms with Gasteiger partial charge >= 0.3 is 0 Å². The lowest BCUT2D eigenvalue weighted by molar-refractivity contribution is -0.121. The van der Waals surface area contributed by atoms with Gasteiger partial charge in [-0.05, 0) is 61.6 Å². The Morgan fingerprint density at radius 3 is 2.62 bits per heavy atom. The molecule has 168 valence electrons. The molecule has 1 aromatic heterocycles. The summed E-state index contributed by atoms with van der Waals surface area (Å²) in [6.07, 6.45) is 3.79. The van der Waals surface area contributed by atoms with Crippen LogP contribution >= 0.6 is 0 Å². The number of rotatable bonds is 11. The van der Waals surface area contributed by atoms with Crippen LogP contribution in [0.2, 0.25) is 0 Å². The second-order valence-electron chi connectivity index (χ2n) is 7.64. The maximum Gasteiger partial charge on any atom is 0.220 e. The number of hydrogen-bond acceptors (Lipinski definition) is 5. The molecule has 0 saturated carbocycles. The summed E-state index contributed by atoms with van der Waals surface area (Å²) < 4.78 is 16.8. The summed E-state index contributed by atoms with van der Waals surface area (Å²) in [4.78, 5) is 16.4. The highest BCUT2D eigenvalue weighted by molar-refractivity contribution is 5.75. The summed E-state index contributed by atoms with van der Waals surface area (Å²) in [7, 11) is 1.61. The van der Waals surface area contributed by atoms with Gasteiger partial charge < -0.3 is 19.5 Å². The highest BCUT2D eigenvalue weighted by Crippen LogP contribution is 2.24. The third-order valence-corrected chi connectivity index (χ3v) is 4.95. The minimum absolute atomic E-state index is 0.0217. The van der Waals surface area contributed by atoms with Crippen molar-refractivity contribution in [3.05, 3.63) is 77.5 Å². The Balaban J connectivity index is 1.34. The molecule has 0 saturated heterocycles. The van der Waals surface area contributed by atoms with Gasteiger partial charge in [-0.1, -0.05) is 24.3 Å². The van der Waals surface area contributed by atoms with Gasteiger partial charge in [0.05, 0.1) is 13.7 Å². The molecular formula is C26H30N2O4. The van der Waals surface area contributed by atoms with Crippen molar-refractivity contribution in [2.75, 3.05) is 13.7 Å². The molecule has 1 amide bonds. The topological polar surface area (TPSA) is 69.7 Å². The van der Waals surface area contributed by atoms with Gasteiger partial charge in [-0.25, -0.2) is 4.98 Å². The summed E-state index contributed by atoms with van der Waals surface area (Å²) in [5, 5.41) is 2.93. The lowest BCUT2D eigenvalue weighted by Gasteiger charge is -2.10. The Labute approximate surface area is 189 Å². The molecule has 0 aliphatic rings. The molecule has 1 heterocycles. The van der Waals surface area contributed by atoms with E-state index in [1.54, 1.807) is 25.4 Å². The average Bonchev–Trinajstić information content (AvgIpc) is 2.80. The average molecular weight is 435 g/mol. The second kappa shape index (κ2) is 11.7. The summed E-state index contributed by atoms with van der Waals surface area (Å²) >= 11 is 0. The maximum atomic E-state index is 12.1. The molecule has 0 atom stereocenters. The van der Waals surface area contributed by atoms with Crippen molar-refractivity contribution in [1.82, 2.24) is 10.3 Å². The van der Waals surface area contributed by atoms with Crippen LogP contribution in [0.4, 0.5) is 0 Å². The van der Waals surface area contributed by atoms with E-state index in [4.69, 9.17) is 14.2 Å². The SMILES string of the molecule is COc1cccc(Oc2ccc(CNC(=O)CCCCOc3cc(C)ccc3C)cn2)c1. The molecule has 6 nitrogen and oxygen atoms in total. The van der Waals surface area contributed by atoms with Crippen molar-refractivity contribution >= 4 is 5.91 Å². The Morgan fingerprint density at radius 2 is 1.84 bits per heavy atom. The first-order valence-electron chi connectivity index (χ1n) is 10.8. The Hall–Kier alpha value is -3.54. The first kappa shape index (κ1) is 23.1. The number of pyridine rings is 1. The van der Waals surface area contributed by atoms with E-state index in [9.17, 15) is 4.79 Å². The largest absolute Gasteiger partial charge is 0.497 e. The fourth-order valence-electron chi connectivity index (χ4n) is 3.08. The van der Waals surface area contributed by atoms with Gasteiger partial charge in [0.1, 0.15) is 17.2 Å². The van der Waals surface area contributed by atoms with Gasteiger partial charge in [0, 0.05) is 31.3 Å². The van der Waals surface area contributed by atoms with Gasteiger partial charge in [-0.3, -0.25) is 4.79 Å². The van der Waals surface area contributed by atoms with Gasteiger partial charge in [0.2, 0.25) is 11.8 Å². The monoisotopic (exact) mass is 434 g/mol. The third kappa shape index (κ3) is 7.30. The number of unbranched alkanes of at least 4 members (excludes halogenated alkanes) is 1. The minimum atomic E-state index is 0.0217. The van der Waals surface area contributed by atoms with Crippen LogP contribution in [0, 0.1) is 13.8 Å². The van der Waals surface area contributed by atoms with E-state index in [1.165, 1.54) is 5.56 Å². The third-order valence-electron chi connectivity index (χ3n) is 4.95. The predicted molar refractivity (Wildman–Crippen MR) is 124 cm³/mol. The zero-order valence-corrected chi connectivity index (χ0v) is 18.9. The number of carbonyl (C=O) groups excluding carboxylic acids is 1. The van der Waals surface area contributed by atoms with Crippen LogP contribution in [-0.2, 0) is 11.3 Å². The Kier molecular flexibility index (Phi) is 8.49. The van der Waals surface area contributed by atoms with E-state index in [-0.39, 0.29) is 5.91 Å². The number of nitrogens with one attached hydrogen (secondary N) is 1. The normalized spacial score (nSPS) is 10.5. The fraction of sp³-hybridized carbons (Fsp3) is 0.308. The van der Waals surface area contributed by atoms with Crippen LogP contribution < -0.4 is 19.5 Å². The van der Waals surface area contributed by atoms with Crippen molar-refractivity contribution < 1.29 is 19.0 Å². The van der Waals surface area contributed by atoms with Crippen molar-refractivity contribution in [2.24, 2.45) is 0 Å². The Bertz CT molecular complexity index is 1020. The van der Waals surface area contributed by atoms with E-state index < -0.39 is 0 Å². The summed E-state index contributed by atoms with van der Waals surface area (Å²) in [6.45, 7) is 5.13. The number of amides is 1. The van der Waals surface area contributed by atoms with E-state index >= 15 is 0 Å². The van der Waals surface area contributed by atoms with Gasteiger partial charge in [-0.2, -0.15) is 0 Å². The van der Waals surface area contributed by atoms with Crippen molar-refractivity contribution in [3.8, 4) is 23.1 Å². The van der Waals surface area contributed by atoms with Crippen LogP contribution in [0.5, 0.6) is 23.1 Å². The van der Waals surface area contributed by atoms with E-state index in [1.807, 2.05) is 44.2 Å². The van der Waals surface area contributed by atoms with E-state index in [0.29, 0.717) is 31.2 Å². The van der Waals surface area contributed by atoms with Crippen LogP contribution in [-0.4, -0.2) is 24.6 Å². The molecule has 0 unspecified atom stereocenters. The summed E-state index contributed by atoms with van der Waals surface area (Å²) in [5.41, 5.74) is 3.22. The molecule has 0 aliphatic heterocycles. The molecule has 0 radical (unpaired) electrons. The molecule has 6 heteroatoms. The molecule has 3 aromatic rings. The standard InChI is InChI=1S/C26H30N2O4/c1-19-10-11-20(2)24(15-19)31-14-5-4-9-25(29)27-17-21-12-13-26(28-18-21)32-23-8-6-7-22(16-23)30-3/h6-8,10-13,15-16,18H,4-5,9,14,17H2,1-3H3,(H,27,29). The van der Waals surface area contributed by atoms with Gasteiger partial charge in [0.25, 0.3) is 0 Å². The lowest BCUT2D eigenvalue weighted by Crippen LogP contribution is -2.22. The zero-order valence-electron chi connectivity index (χ0n) is 18.9. The highest BCUT2D eigenvalue weighted by atomic mass is 16.5. The second-order valence-corrected chi connectivity index (χ2v) is 7.64. The molecule has 1 N–H and O–H groups in total. The number of ether oxygens (including phenoxy) is 3. The molecular weight excluding hydrogens is 404 g/mol. The number of benzene rings is 2. The van der Waals surface area contributed by atoms with E-state index in [2.05, 4.69) is 22.4 Å². The van der Waals surface area contributed by atoms with Crippen molar-refractivity contribution in [2.45, 2.75) is 39.7 Å². The molecule has 0 fully saturated rings. The number of carbonyl (C=O) groups is 1. The highest BCUT2D eigenvalue weighted by Gasteiger charge is 2.05. The minimum Gasteiger partial charge on any atom is -0.497 e. The number of methoxy groups -OCH3 is 1. The molecule has 0 aliphatic carbocycles. The maximum absolute atomic E-state index is 12.1. The smallest absolute Gasteiger partial charge is 0.220 e. The fourth-order valence-corrected chi connectivity index (χ4v) is 3.08.